The Labute approximate surface area is 207 Å². The molecule has 2 atom stereocenters. The number of carbonyl (C=O) groups is 1. The van der Waals surface area contributed by atoms with Crippen molar-refractivity contribution in [2.75, 3.05) is 0 Å². The van der Waals surface area contributed by atoms with Crippen LogP contribution in [0.15, 0.2) is 85.5 Å². The number of rotatable bonds is 2. The fourth-order valence-electron chi connectivity index (χ4n) is 4.96. The summed E-state index contributed by atoms with van der Waals surface area (Å²) >= 11 is 0. The molecule has 1 N–H and O–H groups in total. The van der Waals surface area contributed by atoms with Gasteiger partial charge in [-0.05, 0) is 88.9 Å². The maximum Gasteiger partial charge on any atom is 0.130 e. The van der Waals surface area contributed by atoms with E-state index < -0.39 is 0 Å². The number of nitrogens with one attached hydrogen (secondary N) is 1. The van der Waals surface area contributed by atoms with Crippen molar-refractivity contribution in [3.8, 4) is 0 Å². The molecule has 2 aromatic carbocycles. The Morgan fingerprint density at radius 1 is 0.943 bits per heavy atom. The van der Waals surface area contributed by atoms with Gasteiger partial charge >= 0.3 is 0 Å². The third-order valence-electron chi connectivity index (χ3n) is 6.53. The molecule has 6 rings (SSSR count). The number of aryl methyl sites for hydroxylation is 1. The molecule has 0 radical (unpaired) electrons. The highest BCUT2D eigenvalue weighted by Gasteiger charge is 2.22. The first kappa shape index (κ1) is 24.4. The van der Waals surface area contributed by atoms with E-state index >= 15 is 0 Å². The molecule has 3 nitrogen and oxygen atoms in total. The molecule has 2 heterocycles. The number of ketones is 1. The van der Waals surface area contributed by atoms with Crippen molar-refractivity contribution in [3.05, 3.63) is 123 Å². The summed E-state index contributed by atoms with van der Waals surface area (Å²) in [7, 11) is 0. The van der Waals surface area contributed by atoms with E-state index in [2.05, 4.69) is 66.3 Å². The minimum Gasteiger partial charge on any atom is -0.368 e. The van der Waals surface area contributed by atoms with E-state index in [1.54, 1.807) is 19.3 Å². The van der Waals surface area contributed by atoms with Crippen molar-refractivity contribution in [2.45, 2.75) is 46.0 Å². The maximum absolute atomic E-state index is 11.9. The van der Waals surface area contributed by atoms with E-state index in [1.165, 1.54) is 44.0 Å². The SMILES string of the molecule is CC(=O)CC1C=c2cc(C)ccc2=c2ccc3c(c21)CCC(C)C=3.c1cc[nH]c1.c1ccncc1. The number of aromatic nitrogens is 2. The molecule has 0 amide bonds. The molecule has 0 saturated heterocycles. The third kappa shape index (κ3) is 6.24. The molecule has 2 aliphatic carbocycles. The molecule has 0 saturated carbocycles. The van der Waals surface area contributed by atoms with Crippen LogP contribution in [0.5, 0.6) is 0 Å². The Balaban J connectivity index is 0.000000215. The summed E-state index contributed by atoms with van der Waals surface area (Å²) in [5.74, 6) is 1.12. The van der Waals surface area contributed by atoms with Gasteiger partial charge in [0.25, 0.3) is 0 Å². The van der Waals surface area contributed by atoms with Gasteiger partial charge in [-0.1, -0.05) is 61.0 Å². The summed E-state index contributed by atoms with van der Waals surface area (Å²) < 4.78 is 0. The lowest BCUT2D eigenvalue weighted by atomic mass is 9.79. The summed E-state index contributed by atoms with van der Waals surface area (Å²) in [5.41, 5.74) is 4.15. The van der Waals surface area contributed by atoms with Crippen LogP contribution >= 0.6 is 0 Å². The lowest BCUT2D eigenvalue weighted by Crippen LogP contribution is -2.24. The monoisotopic (exact) mass is 462 g/mol. The highest BCUT2D eigenvalue weighted by atomic mass is 16.1. The molecule has 2 aromatic heterocycles. The van der Waals surface area contributed by atoms with Crippen molar-refractivity contribution in [2.24, 2.45) is 5.92 Å². The van der Waals surface area contributed by atoms with E-state index in [0.29, 0.717) is 12.3 Å². The molecule has 178 valence electrons. The summed E-state index contributed by atoms with van der Waals surface area (Å²) in [5, 5.41) is 5.31. The summed E-state index contributed by atoms with van der Waals surface area (Å²) in [6, 6.07) is 20.8. The largest absolute Gasteiger partial charge is 0.368 e. The molecule has 0 aliphatic heterocycles. The van der Waals surface area contributed by atoms with Crippen LogP contribution in [0.3, 0.4) is 0 Å². The van der Waals surface area contributed by atoms with Crippen molar-refractivity contribution in [1.29, 1.82) is 0 Å². The molecule has 2 aliphatic rings. The Kier molecular flexibility index (Phi) is 8.10. The molecule has 35 heavy (non-hydrogen) atoms. The number of hydrogen-bond acceptors (Lipinski definition) is 2. The summed E-state index contributed by atoms with van der Waals surface area (Å²) in [4.78, 5) is 18.5. The second kappa shape index (κ2) is 11.6. The molecule has 0 bridgehead atoms. The molecule has 4 aromatic rings. The van der Waals surface area contributed by atoms with Crippen LogP contribution in [0.25, 0.3) is 12.2 Å². The van der Waals surface area contributed by atoms with E-state index in [-0.39, 0.29) is 11.7 Å². The zero-order valence-corrected chi connectivity index (χ0v) is 20.9. The number of carbonyl (C=O) groups excluding carboxylic acids is 1. The normalized spacial score (nSPS) is 16.9. The quantitative estimate of drug-likeness (QED) is 0.422. The number of Topliss-reactive ketones (excluding diaryl/α,β-unsaturated/α-hetero) is 1. The number of pyridine rings is 1. The van der Waals surface area contributed by atoms with Crippen LogP contribution in [0.1, 0.15) is 49.3 Å². The Bertz CT molecular complexity index is 1430. The third-order valence-corrected chi connectivity index (χ3v) is 6.53. The van der Waals surface area contributed by atoms with Crippen LogP contribution in [0, 0.1) is 23.3 Å². The Hall–Kier alpha value is -3.72. The van der Waals surface area contributed by atoms with Gasteiger partial charge in [0.15, 0.2) is 0 Å². The van der Waals surface area contributed by atoms with Gasteiger partial charge in [-0.15, -0.1) is 0 Å². The average Bonchev–Trinajstić information content (AvgIpc) is 3.45. The standard InChI is InChI=1S/C23H24O.C5H5N.C4H5N/c1-14-5-8-21-17(10-14)6-9-22-20-7-4-15(2)11-18(20)13-19(23(21)22)12-16(3)24;1-2-4-6-5-3-1;1-2-4-5-3-1/h4,6-7,9-11,13-14,19H,5,8,12H2,1-3H3;1-5H;1-5H. The van der Waals surface area contributed by atoms with E-state index in [4.69, 9.17) is 0 Å². The lowest BCUT2D eigenvalue weighted by molar-refractivity contribution is -0.117. The number of nitrogens with zero attached hydrogens (tertiary/aromatic N) is 1. The van der Waals surface area contributed by atoms with E-state index in [9.17, 15) is 4.79 Å². The maximum atomic E-state index is 11.9. The van der Waals surface area contributed by atoms with Gasteiger partial charge in [0.1, 0.15) is 5.78 Å². The van der Waals surface area contributed by atoms with Crippen LogP contribution in [0.4, 0.5) is 0 Å². The minimum absolute atomic E-state index is 0.212. The Morgan fingerprint density at radius 2 is 1.69 bits per heavy atom. The number of benzene rings is 2. The second-order valence-electron chi connectivity index (χ2n) is 9.46. The lowest BCUT2D eigenvalue weighted by Gasteiger charge is -2.24. The zero-order chi connectivity index (χ0) is 24.6. The zero-order valence-electron chi connectivity index (χ0n) is 20.9. The van der Waals surface area contributed by atoms with Gasteiger partial charge < -0.3 is 4.98 Å². The van der Waals surface area contributed by atoms with Gasteiger partial charge in [0, 0.05) is 37.1 Å². The fraction of sp³-hybridized carbons (Fsp3) is 0.250. The molecular formula is C32H34N2O. The van der Waals surface area contributed by atoms with Gasteiger partial charge in [0.2, 0.25) is 0 Å². The molecule has 3 heteroatoms. The minimum atomic E-state index is 0.212. The van der Waals surface area contributed by atoms with Crippen LogP contribution in [-0.4, -0.2) is 15.8 Å². The molecule has 2 unspecified atom stereocenters. The van der Waals surface area contributed by atoms with Crippen LogP contribution in [0.2, 0.25) is 0 Å². The van der Waals surface area contributed by atoms with E-state index in [0.717, 1.165) is 6.42 Å². The van der Waals surface area contributed by atoms with Gasteiger partial charge in [-0.25, -0.2) is 0 Å². The number of hydrogen-bond donors (Lipinski definition) is 1. The van der Waals surface area contributed by atoms with Gasteiger partial charge in [-0.2, -0.15) is 0 Å². The predicted octanol–water partition coefficient (Wildman–Crippen LogP) is 5.60. The molecule has 0 spiro atoms. The first-order valence-corrected chi connectivity index (χ1v) is 12.4. The van der Waals surface area contributed by atoms with Crippen molar-refractivity contribution >= 4 is 17.9 Å². The molecular weight excluding hydrogens is 428 g/mol. The molecule has 0 fully saturated rings. The van der Waals surface area contributed by atoms with Gasteiger partial charge in [0.05, 0.1) is 0 Å². The first-order chi connectivity index (χ1) is 17.0. The number of aromatic amines is 1. The summed E-state index contributed by atoms with van der Waals surface area (Å²) in [6.07, 6.45) is 14.9. The van der Waals surface area contributed by atoms with Crippen molar-refractivity contribution in [3.63, 3.8) is 0 Å². The number of fused-ring (bicyclic) bond motifs is 4. The second-order valence-corrected chi connectivity index (χ2v) is 9.46. The summed E-state index contributed by atoms with van der Waals surface area (Å²) in [6.45, 7) is 6.13. The van der Waals surface area contributed by atoms with Crippen LogP contribution in [-0.2, 0) is 11.2 Å². The van der Waals surface area contributed by atoms with Crippen LogP contribution < -0.4 is 10.4 Å². The van der Waals surface area contributed by atoms with Gasteiger partial charge in [-0.3, -0.25) is 9.78 Å². The highest BCUT2D eigenvalue weighted by Crippen LogP contribution is 2.30. The van der Waals surface area contributed by atoms with Crippen molar-refractivity contribution in [1.82, 2.24) is 9.97 Å². The Morgan fingerprint density at radius 3 is 2.29 bits per heavy atom. The van der Waals surface area contributed by atoms with Crippen molar-refractivity contribution < 1.29 is 4.79 Å². The van der Waals surface area contributed by atoms with E-state index in [1.807, 2.05) is 42.7 Å². The fourth-order valence-corrected chi connectivity index (χ4v) is 4.96. The topological polar surface area (TPSA) is 45.8 Å². The number of H-pyrrole nitrogens is 1. The smallest absolute Gasteiger partial charge is 0.130 e. The predicted molar refractivity (Wildman–Crippen MR) is 144 cm³/mol. The first-order valence-electron chi connectivity index (χ1n) is 12.4. The highest BCUT2D eigenvalue weighted by molar-refractivity contribution is 5.78. The average molecular weight is 463 g/mol.